The quantitative estimate of drug-likeness (QED) is 0.848. The second kappa shape index (κ2) is 7.06. The number of anilines is 1. The van der Waals surface area contributed by atoms with Crippen molar-refractivity contribution >= 4 is 15.7 Å². The first-order valence-electron chi connectivity index (χ1n) is 8.78. The van der Waals surface area contributed by atoms with Crippen LogP contribution in [0.1, 0.15) is 11.7 Å². The number of nitrogens with zero attached hydrogens (tertiary/aromatic N) is 3. The van der Waals surface area contributed by atoms with Crippen molar-refractivity contribution in [3.8, 4) is 5.75 Å². The molecule has 1 N–H and O–H groups in total. The molecule has 144 valence electrons. The fraction of sp³-hybridized carbons (Fsp3) is 0.389. The Morgan fingerprint density at radius 3 is 2.74 bits per heavy atom. The molecule has 1 atom stereocenters. The minimum Gasteiger partial charge on any atom is -0.494 e. The molecule has 0 radical (unpaired) electrons. The molecule has 2 aliphatic rings. The van der Waals surface area contributed by atoms with Crippen molar-refractivity contribution in [3.63, 3.8) is 0 Å². The Balaban J connectivity index is 1.80. The molecule has 4 rings (SSSR count). The number of rotatable bonds is 4. The fourth-order valence-corrected chi connectivity index (χ4v) is 5.23. The number of ether oxygens (including phenoxy) is 1. The van der Waals surface area contributed by atoms with Crippen LogP contribution >= 0.6 is 0 Å². The van der Waals surface area contributed by atoms with E-state index in [1.165, 1.54) is 29.6 Å². The molecule has 0 aliphatic carbocycles. The highest BCUT2D eigenvalue weighted by Crippen LogP contribution is 2.45. The summed E-state index contributed by atoms with van der Waals surface area (Å²) in [7, 11) is -2.45. The average molecular weight is 392 g/mol. The van der Waals surface area contributed by atoms with E-state index in [1.54, 1.807) is 12.3 Å². The molecular formula is C18H21FN4O3S. The molecular weight excluding hydrogens is 371 g/mol. The van der Waals surface area contributed by atoms with E-state index in [9.17, 15) is 12.8 Å². The van der Waals surface area contributed by atoms with Crippen LogP contribution in [0.25, 0.3) is 0 Å². The normalized spacial score (nSPS) is 20.5. The summed E-state index contributed by atoms with van der Waals surface area (Å²) in [5.74, 6) is -0.148. The van der Waals surface area contributed by atoms with Crippen LogP contribution < -0.4 is 14.4 Å². The van der Waals surface area contributed by atoms with Crippen LogP contribution in [0.3, 0.4) is 0 Å². The summed E-state index contributed by atoms with van der Waals surface area (Å²) < 4.78 is 47.0. The highest BCUT2D eigenvalue weighted by atomic mass is 32.2. The van der Waals surface area contributed by atoms with Gasteiger partial charge in [-0.25, -0.2) is 12.8 Å². The van der Waals surface area contributed by atoms with Gasteiger partial charge in [0.15, 0.2) is 0 Å². The summed E-state index contributed by atoms with van der Waals surface area (Å²) in [5, 5.41) is 3.30. The first kappa shape index (κ1) is 18.1. The average Bonchev–Trinajstić information content (AvgIpc) is 3.09. The third-order valence-electron chi connectivity index (χ3n) is 5.02. The number of sulfonamides is 1. The zero-order chi connectivity index (χ0) is 19.0. The predicted octanol–water partition coefficient (Wildman–Crippen LogP) is 1.38. The summed E-state index contributed by atoms with van der Waals surface area (Å²) in [5.41, 5.74) is 1.11. The maximum absolute atomic E-state index is 13.7. The Hall–Kier alpha value is -2.23. The number of aromatic nitrogens is 1. The number of hydrogen-bond acceptors (Lipinski definition) is 6. The lowest BCUT2D eigenvalue weighted by molar-refractivity contribution is 0.181. The van der Waals surface area contributed by atoms with Crippen LogP contribution in [-0.4, -0.2) is 58.1 Å². The topological polar surface area (TPSA) is 74.8 Å². The third kappa shape index (κ3) is 3.15. The van der Waals surface area contributed by atoms with E-state index in [4.69, 9.17) is 4.74 Å². The summed E-state index contributed by atoms with van der Waals surface area (Å²) in [4.78, 5) is 6.62. The highest BCUT2D eigenvalue weighted by Gasteiger charge is 2.42. The van der Waals surface area contributed by atoms with Gasteiger partial charge in [-0.1, -0.05) is 6.07 Å². The monoisotopic (exact) mass is 392 g/mol. The minimum absolute atomic E-state index is 0.0830. The highest BCUT2D eigenvalue weighted by molar-refractivity contribution is 7.92. The number of piperazine rings is 1. The minimum atomic E-state index is -3.95. The standard InChI is InChI=1S/C18H21FN4O3S/c1-26-16-5-6-21-17-15(22-9-7-20-8-10-22)12-23(18(16)17)27(24,25)14-4-2-3-13(19)11-14/h2-6,11,15,20H,7-10,12H2,1H3. The molecule has 1 aromatic heterocycles. The number of benzene rings is 1. The van der Waals surface area contributed by atoms with Gasteiger partial charge in [-0.15, -0.1) is 0 Å². The van der Waals surface area contributed by atoms with Crippen LogP contribution in [-0.2, 0) is 10.0 Å². The van der Waals surface area contributed by atoms with Gasteiger partial charge < -0.3 is 10.1 Å². The number of methoxy groups -OCH3 is 1. The van der Waals surface area contributed by atoms with E-state index in [1.807, 2.05) is 0 Å². The first-order valence-corrected chi connectivity index (χ1v) is 10.2. The van der Waals surface area contributed by atoms with Gasteiger partial charge in [0.05, 0.1) is 30.3 Å². The maximum atomic E-state index is 13.7. The molecule has 2 aromatic rings. The van der Waals surface area contributed by atoms with Gasteiger partial charge in [0.2, 0.25) is 0 Å². The Morgan fingerprint density at radius 1 is 1.26 bits per heavy atom. The molecule has 0 bridgehead atoms. The Bertz CT molecular complexity index is 947. The van der Waals surface area contributed by atoms with Crippen LogP contribution in [0.4, 0.5) is 10.1 Å². The number of nitrogens with one attached hydrogen (secondary N) is 1. The molecule has 1 saturated heterocycles. The maximum Gasteiger partial charge on any atom is 0.264 e. The Morgan fingerprint density at radius 2 is 2.04 bits per heavy atom. The summed E-state index contributed by atoms with van der Waals surface area (Å²) in [6, 6.07) is 6.54. The number of hydrogen-bond donors (Lipinski definition) is 1. The van der Waals surface area contributed by atoms with Gasteiger partial charge in [0.25, 0.3) is 10.0 Å². The van der Waals surface area contributed by atoms with Gasteiger partial charge in [0, 0.05) is 38.4 Å². The molecule has 3 heterocycles. The predicted molar refractivity (Wildman–Crippen MR) is 98.9 cm³/mol. The molecule has 0 saturated carbocycles. The second-order valence-corrected chi connectivity index (χ2v) is 8.40. The van der Waals surface area contributed by atoms with E-state index < -0.39 is 15.8 Å². The lowest BCUT2D eigenvalue weighted by Gasteiger charge is -2.32. The van der Waals surface area contributed by atoms with Gasteiger partial charge in [-0.3, -0.25) is 14.2 Å². The Labute approximate surface area is 157 Å². The van der Waals surface area contributed by atoms with E-state index in [2.05, 4.69) is 15.2 Å². The number of halogens is 1. The summed E-state index contributed by atoms with van der Waals surface area (Å²) >= 11 is 0. The van der Waals surface area contributed by atoms with Crippen molar-refractivity contribution in [1.29, 1.82) is 0 Å². The number of fused-ring (bicyclic) bond motifs is 1. The van der Waals surface area contributed by atoms with E-state index in [0.717, 1.165) is 32.2 Å². The van der Waals surface area contributed by atoms with Crippen molar-refractivity contribution < 1.29 is 17.5 Å². The molecule has 7 nitrogen and oxygen atoms in total. The summed E-state index contributed by atoms with van der Waals surface area (Å²) in [6.07, 6.45) is 1.63. The molecule has 1 aromatic carbocycles. The van der Waals surface area contributed by atoms with E-state index >= 15 is 0 Å². The third-order valence-corrected chi connectivity index (χ3v) is 6.78. The molecule has 1 unspecified atom stereocenters. The van der Waals surface area contributed by atoms with Gasteiger partial charge >= 0.3 is 0 Å². The SMILES string of the molecule is COc1ccnc2c1N(S(=O)(=O)c1cccc(F)c1)CC2N1CCNCC1. The van der Waals surface area contributed by atoms with Gasteiger partial charge in [-0.2, -0.15) is 0 Å². The molecule has 2 aliphatic heterocycles. The van der Waals surface area contributed by atoms with E-state index in [0.29, 0.717) is 17.1 Å². The van der Waals surface area contributed by atoms with Crippen molar-refractivity contribution in [2.45, 2.75) is 10.9 Å². The lowest BCUT2D eigenvalue weighted by Crippen LogP contribution is -2.46. The van der Waals surface area contributed by atoms with Gasteiger partial charge in [-0.05, 0) is 18.2 Å². The van der Waals surface area contributed by atoms with Crippen molar-refractivity contribution in [2.24, 2.45) is 0 Å². The first-order chi connectivity index (χ1) is 13.0. The van der Waals surface area contributed by atoms with Crippen LogP contribution in [0, 0.1) is 5.82 Å². The van der Waals surface area contributed by atoms with Crippen LogP contribution in [0.2, 0.25) is 0 Å². The summed E-state index contributed by atoms with van der Waals surface area (Å²) in [6.45, 7) is 3.51. The number of pyridine rings is 1. The van der Waals surface area contributed by atoms with Crippen molar-refractivity contribution in [2.75, 3.05) is 44.1 Å². The van der Waals surface area contributed by atoms with Crippen LogP contribution in [0.5, 0.6) is 5.75 Å². The smallest absolute Gasteiger partial charge is 0.264 e. The van der Waals surface area contributed by atoms with E-state index in [-0.39, 0.29) is 17.5 Å². The second-order valence-electron chi connectivity index (χ2n) is 6.54. The molecule has 0 amide bonds. The zero-order valence-electron chi connectivity index (χ0n) is 14.9. The molecule has 9 heteroatoms. The van der Waals surface area contributed by atoms with Crippen molar-refractivity contribution in [1.82, 2.24) is 15.2 Å². The molecule has 0 spiro atoms. The zero-order valence-corrected chi connectivity index (χ0v) is 15.7. The van der Waals surface area contributed by atoms with Crippen molar-refractivity contribution in [3.05, 3.63) is 48.0 Å². The lowest BCUT2D eigenvalue weighted by atomic mass is 10.1. The van der Waals surface area contributed by atoms with Gasteiger partial charge in [0.1, 0.15) is 17.3 Å². The largest absolute Gasteiger partial charge is 0.494 e. The Kier molecular flexibility index (Phi) is 4.75. The molecule has 27 heavy (non-hydrogen) atoms. The molecule has 1 fully saturated rings. The van der Waals surface area contributed by atoms with Crippen LogP contribution in [0.15, 0.2) is 41.4 Å². The fourth-order valence-electron chi connectivity index (χ4n) is 3.70.